The van der Waals surface area contributed by atoms with Crippen molar-refractivity contribution in [2.75, 3.05) is 30.3 Å². The Kier molecular flexibility index (Phi) is 6.78. The number of halogens is 2. The number of carbonyl (C=O) groups is 1. The SMILES string of the molecule is C[C@@H](Oc1ccc(N)c(C(=N)c2cnc(N3CCC4(CC3)CNC(=O)N4)nc2)c1)c1c(Cl)cncc1Cl. The first kappa shape index (κ1) is 25.0. The molecular formula is C25H26Cl2N8O2. The van der Waals surface area contributed by atoms with Gasteiger partial charge in [0.05, 0.1) is 21.3 Å². The van der Waals surface area contributed by atoms with Gasteiger partial charge in [-0.2, -0.15) is 0 Å². The number of nitrogens with two attached hydrogens (primary N) is 1. The van der Waals surface area contributed by atoms with Gasteiger partial charge in [0.2, 0.25) is 5.95 Å². The molecule has 12 heteroatoms. The second kappa shape index (κ2) is 10.0. The van der Waals surface area contributed by atoms with Crippen LogP contribution < -0.4 is 26.0 Å². The molecule has 5 rings (SSSR count). The number of urea groups is 1. The van der Waals surface area contributed by atoms with Gasteiger partial charge < -0.3 is 26.0 Å². The Hall–Kier alpha value is -3.63. The number of nitrogens with zero attached hydrogens (tertiary/aromatic N) is 4. The zero-order chi connectivity index (χ0) is 26.2. The van der Waals surface area contributed by atoms with Gasteiger partial charge in [-0.3, -0.25) is 10.4 Å². The molecule has 0 unspecified atom stereocenters. The summed E-state index contributed by atoms with van der Waals surface area (Å²) in [5.74, 6) is 1.10. The summed E-state index contributed by atoms with van der Waals surface area (Å²) in [5.41, 5.74) is 8.28. The first-order valence-corrected chi connectivity index (χ1v) is 12.6. The normalized spacial score (nSPS) is 17.3. The lowest BCUT2D eigenvalue weighted by Crippen LogP contribution is -2.52. The average Bonchev–Trinajstić information content (AvgIpc) is 3.25. The fourth-order valence-corrected chi connectivity index (χ4v) is 5.35. The zero-order valence-electron chi connectivity index (χ0n) is 20.1. The van der Waals surface area contributed by atoms with Gasteiger partial charge in [0.1, 0.15) is 11.9 Å². The molecule has 2 fully saturated rings. The Labute approximate surface area is 224 Å². The first-order chi connectivity index (χ1) is 17.7. The van der Waals surface area contributed by atoms with E-state index >= 15 is 0 Å². The van der Waals surface area contributed by atoms with Crippen LogP contribution in [0.3, 0.4) is 0 Å². The molecule has 1 atom stereocenters. The largest absolute Gasteiger partial charge is 0.486 e. The van der Waals surface area contributed by atoms with Gasteiger partial charge >= 0.3 is 6.03 Å². The third-order valence-electron chi connectivity index (χ3n) is 6.80. The van der Waals surface area contributed by atoms with Gasteiger partial charge in [0.25, 0.3) is 0 Å². The summed E-state index contributed by atoms with van der Waals surface area (Å²) in [6.45, 7) is 3.94. The maximum atomic E-state index is 11.6. The van der Waals surface area contributed by atoms with Crippen LogP contribution in [-0.2, 0) is 0 Å². The number of anilines is 2. The number of carbonyl (C=O) groups excluding carboxylic acids is 1. The molecule has 10 nitrogen and oxygen atoms in total. The van der Waals surface area contributed by atoms with Gasteiger partial charge in [-0.05, 0) is 38.0 Å². The Balaban J connectivity index is 1.28. The van der Waals surface area contributed by atoms with E-state index in [0.717, 1.165) is 25.9 Å². The highest BCUT2D eigenvalue weighted by atomic mass is 35.5. The number of rotatable bonds is 6. The second-order valence-electron chi connectivity index (χ2n) is 9.25. The first-order valence-electron chi connectivity index (χ1n) is 11.8. The third-order valence-corrected chi connectivity index (χ3v) is 7.40. The molecule has 2 aliphatic heterocycles. The van der Waals surface area contributed by atoms with Crippen molar-refractivity contribution in [2.45, 2.75) is 31.4 Å². The van der Waals surface area contributed by atoms with Crippen LogP contribution in [0, 0.1) is 5.41 Å². The van der Waals surface area contributed by atoms with Crippen LogP contribution in [0.4, 0.5) is 16.4 Å². The van der Waals surface area contributed by atoms with Crippen LogP contribution in [0.15, 0.2) is 43.0 Å². The Bertz CT molecular complexity index is 1320. The molecule has 5 N–H and O–H groups in total. The highest BCUT2D eigenvalue weighted by Crippen LogP contribution is 2.33. The monoisotopic (exact) mass is 540 g/mol. The summed E-state index contributed by atoms with van der Waals surface area (Å²) in [7, 11) is 0. The average molecular weight is 541 g/mol. The predicted molar refractivity (Wildman–Crippen MR) is 143 cm³/mol. The van der Waals surface area contributed by atoms with Crippen LogP contribution in [0.1, 0.15) is 42.6 Å². The quantitative estimate of drug-likeness (QED) is 0.273. The lowest BCUT2D eigenvalue weighted by Gasteiger charge is -2.38. The van der Waals surface area contributed by atoms with E-state index in [4.69, 9.17) is 39.1 Å². The number of hydrogen-bond acceptors (Lipinski definition) is 8. The molecule has 2 saturated heterocycles. The number of nitrogen functional groups attached to an aromatic ring is 1. The van der Waals surface area contributed by atoms with Crippen molar-refractivity contribution in [3.05, 3.63) is 69.7 Å². The van der Waals surface area contributed by atoms with E-state index in [1.807, 2.05) is 6.92 Å². The van der Waals surface area contributed by atoms with Crippen molar-refractivity contribution in [3.8, 4) is 5.75 Å². The molecule has 1 spiro atoms. The van der Waals surface area contributed by atoms with Gasteiger partial charge in [-0.1, -0.05) is 23.2 Å². The second-order valence-corrected chi connectivity index (χ2v) is 10.1. The summed E-state index contributed by atoms with van der Waals surface area (Å²) in [4.78, 5) is 26.6. The summed E-state index contributed by atoms with van der Waals surface area (Å²) >= 11 is 12.5. The van der Waals surface area contributed by atoms with E-state index in [2.05, 4.69) is 30.5 Å². The molecular weight excluding hydrogens is 515 g/mol. The minimum Gasteiger partial charge on any atom is -0.486 e. The van der Waals surface area contributed by atoms with E-state index < -0.39 is 6.10 Å². The van der Waals surface area contributed by atoms with Crippen LogP contribution >= 0.6 is 23.2 Å². The number of aromatic nitrogens is 3. The Morgan fingerprint density at radius 2 is 1.84 bits per heavy atom. The van der Waals surface area contributed by atoms with Crippen molar-refractivity contribution in [1.82, 2.24) is 25.6 Å². The van der Waals surface area contributed by atoms with E-state index in [9.17, 15) is 4.79 Å². The Morgan fingerprint density at radius 3 is 2.46 bits per heavy atom. The number of piperidine rings is 1. The fraction of sp³-hybridized carbons (Fsp3) is 0.320. The van der Waals surface area contributed by atoms with Gasteiger partial charge in [-0.25, -0.2) is 14.8 Å². The smallest absolute Gasteiger partial charge is 0.315 e. The number of ether oxygens (including phenoxy) is 1. The number of amides is 2. The number of pyridine rings is 1. The molecule has 2 aromatic heterocycles. The minimum atomic E-state index is -0.451. The van der Waals surface area contributed by atoms with E-state index in [0.29, 0.717) is 50.7 Å². The lowest BCUT2D eigenvalue weighted by atomic mass is 9.89. The summed E-state index contributed by atoms with van der Waals surface area (Å²) in [6.07, 6.45) is 7.45. The molecule has 0 radical (unpaired) electrons. The van der Waals surface area contributed by atoms with Crippen molar-refractivity contribution < 1.29 is 9.53 Å². The van der Waals surface area contributed by atoms with Gasteiger partial charge in [0, 0.05) is 66.8 Å². The molecule has 2 amide bonds. The van der Waals surface area contributed by atoms with E-state index in [-0.39, 0.29) is 17.3 Å². The number of benzene rings is 1. The van der Waals surface area contributed by atoms with Crippen LogP contribution in [0.5, 0.6) is 5.75 Å². The lowest BCUT2D eigenvalue weighted by molar-refractivity contribution is 0.227. The molecule has 0 saturated carbocycles. The van der Waals surface area contributed by atoms with Crippen molar-refractivity contribution >= 4 is 46.6 Å². The van der Waals surface area contributed by atoms with Crippen LogP contribution in [-0.4, -0.2) is 51.9 Å². The highest BCUT2D eigenvalue weighted by Gasteiger charge is 2.40. The topological polar surface area (TPSA) is 142 Å². The van der Waals surface area contributed by atoms with Crippen LogP contribution in [0.25, 0.3) is 0 Å². The molecule has 1 aromatic carbocycles. The number of nitrogens with one attached hydrogen (secondary N) is 3. The summed E-state index contributed by atoms with van der Waals surface area (Å²) < 4.78 is 6.07. The van der Waals surface area contributed by atoms with Crippen molar-refractivity contribution in [1.29, 1.82) is 5.41 Å². The molecule has 0 bridgehead atoms. The Morgan fingerprint density at radius 1 is 1.16 bits per heavy atom. The fourth-order valence-electron chi connectivity index (χ4n) is 4.68. The molecule has 4 heterocycles. The van der Waals surface area contributed by atoms with Gasteiger partial charge in [0.15, 0.2) is 0 Å². The molecule has 37 heavy (non-hydrogen) atoms. The molecule has 0 aliphatic carbocycles. The van der Waals surface area contributed by atoms with Crippen LogP contribution in [0.2, 0.25) is 10.0 Å². The highest BCUT2D eigenvalue weighted by molar-refractivity contribution is 6.35. The molecule has 3 aromatic rings. The molecule has 2 aliphatic rings. The summed E-state index contributed by atoms with van der Waals surface area (Å²) in [6, 6.07) is 5.02. The predicted octanol–water partition coefficient (Wildman–Crippen LogP) is 3.97. The maximum absolute atomic E-state index is 11.6. The van der Waals surface area contributed by atoms with E-state index in [1.54, 1.807) is 30.6 Å². The minimum absolute atomic E-state index is 0.110. The van der Waals surface area contributed by atoms with Crippen molar-refractivity contribution in [2.24, 2.45) is 0 Å². The summed E-state index contributed by atoms with van der Waals surface area (Å²) in [5, 5.41) is 15.4. The van der Waals surface area contributed by atoms with E-state index in [1.165, 1.54) is 12.4 Å². The molecule has 192 valence electrons. The third kappa shape index (κ3) is 5.12. The maximum Gasteiger partial charge on any atom is 0.315 e. The zero-order valence-corrected chi connectivity index (χ0v) is 21.6. The van der Waals surface area contributed by atoms with Crippen molar-refractivity contribution in [3.63, 3.8) is 0 Å². The standard InChI is InChI=1S/C25H26Cl2N8O2/c1-14(21-18(26)11-30-12-19(21)27)37-16-2-3-20(28)17(8-16)22(29)15-9-31-23(32-10-15)35-6-4-25(5-7-35)13-33-24(36)34-25/h2-3,8-12,14,29H,4-7,13,28H2,1H3,(H2,33,34,36)/t14-/m1/s1. The number of hydrogen-bond donors (Lipinski definition) is 4. The van der Waals surface area contributed by atoms with Gasteiger partial charge in [-0.15, -0.1) is 0 Å².